The van der Waals surface area contributed by atoms with Gasteiger partial charge in [-0.25, -0.2) is 8.78 Å². The molecule has 1 aliphatic heterocycles. The van der Waals surface area contributed by atoms with Gasteiger partial charge in [-0.05, 0) is 42.0 Å². The number of hydrogen-bond donors (Lipinski definition) is 2. The maximum Gasteiger partial charge on any atom is 0.307 e. The van der Waals surface area contributed by atoms with Crippen molar-refractivity contribution in [1.29, 1.82) is 0 Å². The van der Waals surface area contributed by atoms with Gasteiger partial charge in [-0.1, -0.05) is 18.2 Å². The van der Waals surface area contributed by atoms with Crippen LogP contribution in [0.2, 0.25) is 0 Å². The number of hydrogen-bond acceptors (Lipinski definition) is 16. The SMILES string of the molecule is COC(=O)CCN(CCC(=O)OC)c1ccccc1OCCOCCOc1cc(C2c3cc(F)c(O)cc3Oc3cc(O)c(F)cc32)ccc1N(CCC(=O)OC)CCC(=O)OC. The number of rotatable bonds is 23. The Balaban J connectivity index is 1.37. The van der Waals surface area contributed by atoms with Crippen LogP contribution in [0.25, 0.3) is 0 Å². The summed E-state index contributed by atoms with van der Waals surface area (Å²) in [4.78, 5) is 52.0. The zero-order chi connectivity index (χ0) is 45.5. The number of aromatic hydroxyl groups is 2. The van der Waals surface area contributed by atoms with Crippen LogP contribution in [0.3, 0.4) is 0 Å². The Morgan fingerprint density at radius 1 is 0.571 bits per heavy atom. The summed E-state index contributed by atoms with van der Waals surface area (Å²) in [6, 6.07) is 16.6. The fourth-order valence-corrected chi connectivity index (χ4v) is 6.86. The molecule has 18 heteroatoms. The number of phenols is 2. The summed E-state index contributed by atoms with van der Waals surface area (Å²) in [6.07, 6.45) is 0.0865. The number of para-hydroxylation sites is 2. The fraction of sp³-hybridized carbons (Fsp3) is 0.378. The van der Waals surface area contributed by atoms with Gasteiger partial charge in [-0.2, -0.15) is 0 Å². The molecule has 0 saturated carbocycles. The molecule has 0 bridgehead atoms. The molecule has 2 N–H and O–H groups in total. The molecular weight excluding hydrogens is 830 g/mol. The summed E-state index contributed by atoms with van der Waals surface area (Å²) in [5.41, 5.74) is 2.12. The molecule has 0 saturated heterocycles. The molecule has 0 spiro atoms. The highest BCUT2D eigenvalue weighted by molar-refractivity contribution is 5.74. The van der Waals surface area contributed by atoms with E-state index in [-0.39, 0.29) is 107 Å². The minimum absolute atomic E-state index is 0.00430. The molecule has 0 radical (unpaired) electrons. The van der Waals surface area contributed by atoms with Gasteiger partial charge in [-0.3, -0.25) is 19.2 Å². The summed E-state index contributed by atoms with van der Waals surface area (Å²) >= 11 is 0. The van der Waals surface area contributed by atoms with Crippen LogP contribution in [0.4, 0.5) is 20.2 Å². The molecular formula is C45H50F2N2O14. The number of carbonyl (C=O) groups is 4. The molecule has 338 valence electrons. The van der Waals surface area contributed by atoms with E-state index in [1.54, 1.807) is 41.3 Å². The second kappa shape index (κ2) is 22.9. The normalized spacial score (nSPS) is 11.7. The Labute approximate surface area is 362 Å². The minimum atomic E-state index is -0.936. The first kappa shape index (κ1) is 47.2. The van der Waals surface area contributed by atoms with E-state index in [1.165, 1.54) is 28.4 Å². The first-order valence-electron chi connectivity index (χ1n) is 19.9. The Hall–Kier alpha value is -6.82. The number of ether oxygens (including phenoxy) is 8. The van der Waals surface area contributed by atoms with Crippen molar-refractivity contribution < 1.29 is 76.1 Å². The summed E-state index contributed by atoms with van der Waals surface area (Å²) in [5.74, 6) is -4.97. The van der Waals surface area contributed by atoms with E-state index in [2.05, 4.69) is 0 Å². The maximum atomic E-state index is 14.9. The summed E-state index contributed by atoms with van der Waals surface area (Å²) in [6.45, 7) is 1.08. The van der Waals surface area contributed by atoms with Crippen molar-refractivity contribution in [2.45, 2.75) is 31.6 Å². The van der Waals surface area contributed by atoms with E-state index >= 15 is 0 Å². The molecule has 1 aliphatic rings. The molecule has 0 atom stereocenters. The van der Waals surface area contributed by atoms with E-state index in [9.17, 15) is 38.2 Å². The van der Waals surface area contributed by atoms with Crippen LogP contribution >= 0.6 is 0 Å². The van der Waals surface area contributed by atoms with Crippen LogP contribution in [0.1, 0.15) is 48.3 Å². The average molecular weight is 881 g/mol. The summed E-state index contributed by atoms with van der Waals surface area (Å²) in [7, 11) is 5.13. The van der Waals surface area contributed by atoms with Crippen molar-refractivity contribution >= 4 is 35.3 Å². The van der Waals surface area contributed by atoms with Gasteiger partial charge >= 0.3 is 23.9 Å². The highest BCUT2D eigenvalue weighted by Crippen LogP contribution is 2.51. The van der Waals surface area contributed by atoms with Crippen LogP contribution in [0.15, 0.2) is 66.7 Å². The Morgan fingerprint density at radius 3 is 1.46 bits per heavy atom. The molecule has 4 aromatic carbocycles. The number of nitrogens with zero attached hydrogens (tertiary/aromatic N) is 2. The smallest absolute Gasteiger partial charge is 0.307 e. The summed E-state index contributed by atoms with van der Waals surface area (Å²) in [5, 5.41) is 20.4. The third-order valence-electron chi connectivity index (χ3n) is 10.1. The Morgan fingerprint density at radius 2 is 1.00 bits per heavy atom. The van der Waals surface area contributed by atoms with Crippen LogP contribution in [-0.2, 0) is 42.9 Å². The highest BCUT2D eigenvalue weighted by Gasteiger charge is 2.33. The zero-order valence-corrected chi connectivity index (χ0v) is 35.4. The molecule has 4 aromatic rings. The van der Waals surface area contributed by atoms with Gasteiger partial charge in [0.2, 0.25) is 0 Å². The molecule has 0 fully saturated rings. The molecule has 16 nitrogen and oxygen atoms in total. The third kappa shape index (κ3) is 12.6. The van der Waals surface area contributed by atoms with Gasteiger partial charge in [0.15, 0.2) is 23.1 Å². The van der Waals surface area contributed by atoms with Crippen LogP contribution in [0, 0.1) is 11.6 Å². The number of esters is 4. The zero-order valence-electron chi connectivity index (χ0n) is 35.4. The van der Waals surface area contributed by atoms with Crippen LogP contribution in [-0.4, -0.2) is 115 Å². The van der Waals surface area contributed by atoms with E-state index in [0.717, 1.165) is 24.3 Å². The second-order valence-corrected chi connectivity index (χ2v) is 14.0. The van der Waals surface area contributed by atoms with Gasteiger partial charge < -0.3 is 57.9 Å². The van der Waals surface area contributed by atoms with E-state index in [1.807, 2.05) is 11.0 Å². The number of halogens is 2. The van der Waals surface area contributed by atoms with Gasteiger partial charge in [0.25, 0.3) is 0 Å². The first-order valence-corrected chi connectivity index (χ1v) is 19.9. The molecule has 1 heterocycles. The Bertz CT molecular complexity index is 2140. The third-order valence-corrected chi connectivity index (χ3v) is 10.1. The highest BCUT2D eigenvalue weighted by atomic mass is 19.1. The fourth-order valence-electron chi connectivity index (χ4n) is 6.86. The standard InChI is InChI=1S/C45H50F2N2O14/c1-56-41(52)11-15-48(16-12-42(53)57-2)33-7-5-6-8-37(33)61-21-19-60-20-22-62-40-23-28(9-10-34(40)49(17-13-43(54)58-3)18-14-44(55)59-4)45-29-24-31(46)35(50)26-38(29)63-39-27-36(51)32(47)25-30(39)45/h5-10,23-27,45,50-51H,11-22H2,1-4H3. The lowest BCUT2D eigenvalue weighted by Gasteiger charge is -2.31. The van der Waals surface area contributed by atoms with E-state index in [4.69, 9.17) is 37.9 Å². The van der Waals surface area contributed by atoms with Gasteiger partial charge in [0.05, 0.1) is 78.7 Å². The second-order valence-electron chi connectivity index (χ2n) is 14.0. The van der Waals surface area contributed by atoms with Crippen molar-refractivity contribution in [3.8, 4) is 34.5 Å². The maximum absolute atomic E-state index is 14.9. The molecule has 0 amide bonds. The summed E-state index contributed by atoms with van der Waals surface area (Å²) < 4.78 is 73.3. The monoisotopic (exact) mass is 880 g/mol. The first-order chi connectivity index (χ1) is 30.4. The predicted octanol–water partition coefficient (Wildman–Crippen LogP) is 6.00. The van der Waals surface area contributed by atoms with Crippen molar-refractivity contribution in [2.24, 2.45) is 0 Å². The quantitative estimate of drug-likeness (QED) is 0.0441. The van der Waals surface area contributed by atoms with Crippen molar-refractivity contribution in [1.82, 2.24) is 0 Å². The van der Waals surface area contributed by atoms with Crippen LogP contribution in [0.5, 0.6) is 34.5 Å². The number of fused-ring (bicyclic) bond motifs is 2. The van der Waals surface area contributed by atoms with Gasteiger partial charge in [0.1, 0.15) is 36.2 Å². The van der Waals surface area contributed by atoms with Crippen molar-refractivity contribution in [2.75, 3.05) is 90.8 Å². The van der Waals surface area contributed by atoms with E-state index in [0.29, 0.717) is 22.7 Å². The average Bonchev–Trinajstić information content (AvgIpc) is 3.28. The Kier molecular flexibility index (Phi) is 17.1. The van der Waals surface area contributed by atoms with Crippen molar-refractivity contribution in [3.05, 3.63) is 95.1 Å². The molecule has 0 unspecified atom stereocenters. The largest absolute Gasteiger partial charge is 0.505 e. The number of benzene rings is 4. The lowest BCUT2D eigenvalue weighted by atomic mass is 9.82. The van der Waals surface area contributed by atoms with Gasteiger partial charge in [0, 0.05) is 55.4 Å². The van der Waals surface area contributed by atoms with Crippen LogP contribution < -0.4 is 24.0 Å². The van der Waals surface area contributed by atoms with Crippen molar-refractivity contribution in [3.63, 3.8) is 0 Å². The molecule has 5 rings (SSSR count). The minimum Gasteiger partial charge on any atom is -0.505 e. The lowest BCUT2D eigenvalue weighted by molar-refractivity contribution is -0.141. The number of phenolic OH excluding ortho intramolecular Hbond substituents is 2. The number of methoxy groups -OCH3 is 4. The predicted molar refractivity (Wildman–Crippen MR) is 223 cm³/mol. The topological polar surface area (TPSA) is 189 Å². The van der Waals surface area contributed by atoms with E-state index < -0.39 is 52.9 Å². The number of carbonyl (C=O) groups excluding carboxylic acids is 4. The van der Waals surface area contributed by atoms with Gasteiger partial charge in [-0.15, -0.1) is 0 Å². The number of anilines is 2. The lowest BCUT2D eigenvalue weighted by Crippen LogP contribution is -2.30. The molecule has 0 aliphatic carbocycles. The molecule has 0 aromatic heterocycles. The molecule has 63 heavy (non-hydrogen) atoms.